The first kappa shape index (κ1) is 9.29. The lowest BCUT2D eigenvalue weighted by Gasteiger charge is -2.11. The van der Waals surface area contributed by atoms with Crippen molar-refractivity contribution in [2.75, 3.05) is 5.32 Å². The van der Waals surface area contributed by atoms with Crippen LogP contribution >= 0.6 is 11.6 Å². The van der Waals surface area contributed by atoms with Gasteiger partial charge >= 0.3 is 0 Å². The average molecular weight is 235 g/mol. The normalized spacial score (nSPS) is 43.2. The summed E-state index contributed by atoms with van der Waals surface area (Å²) in [5, 5.41) is 4.22. The molecule has 4 unspecified atom stereocenters. The van der Waals surface area contributed by atoms with Gasteiger partial charge in [-0.25, -0.2) is 4.98 Å². The molecule has 3 fully saturated rings. The number of rotatable bonds is 2. The van der Waals surface area contributed by atoms with Crippen molar-refractivity contribution in [2.45, 2.75) is 25.3 Å². The maximum atomic E-state index is 5.89. The van der Waals surface area contributed by atoms with Gasteiger partial charge < -0.3 is 5.32 Å². The smallest absolute Gasteiger partial charge is 0.131 e. The summed E-state index contributed by atoms with van der Waals surface area (Å²) in [6, 6.07) is 4.67. The van der Waals surface area contributed by atoms with E-state index in [4.69, 9.17) is 11.6 Å². The number of nitrogens with zero attached hydrogens (tertiary/aromatic N) is 1. The fourth-order valence-electron chi connectivity index (χ4n) is 4.20. The second kappa shape index (κ2) is 3.13. The predicted molar refractivity (Wildman–Crippen MR) is 64.5 cm³/mol. The third kappa shape index (κ3) is 1.22. The molecule has 3 aliphatic rings. The van der Waals surface area contributed by atoms with Crippen molar-refractivity contribution >= 4 is 17.3 Å². The predicted octanol–water partition coefficient (Wildman–Crippen LogP) is 3.19. The molecule has 1 N–H and O–H groups in total. The van der Waals surface area contributed by atoms with Crippen molar-refractivity contribution < 1.29 is 0 Å². The Bertz CT molecular complexity index is 418. The maximum absolute atomic E-state index is 5.89. The van der Waals surface area contributed by atoms with Crippen LogP contribution in [0.2, 0.25) is 5.15 Å². The molecule has 0 aliphatic heterocycles. The molecule has 0 aromatic carbocycles. The number of halogens is 1. The van der Waals surface area contributed by atoms with Crippen LogP contribution in [0.15, 0.2) is 18.3 Å². The second-order valence-corrected chi connectivity index (χ2v) is 5.91. The summed E-state index contributed by atoms with van der Waals surface area (Å²) in [5.74, 6) is 3.96. The Kier molecular flexibility index (Phi) is 1.82. The van der Waals surface area contributed by atoms with E-state index in [0.29, 0.717) is 5.15 Å². The molecule has 84 valence electrons. The van der Waals surface area contributed by atoms with E-state index in [9.17, 15) is 0 Å². The van der Waals surface area contributed by atoms with E-state index in [0.717, 1.165) is 35.4 Å². The van der Waals surface area contributed by atoms with Gasteiger partial charge in [-0.1, -0.05) is 11.6 Å². The first-order valence-electron chi connectivity index (χ1n) is 6.21. The zero-order valence-electron chi connectivity index (χ0n) is 9.07. The molecule has 1 heterocycles. The van der Waals surface area contributed by atoms with Crippen LogP contribution in [0.1, 0.15) is 19.3 Å². The fraction of sp³-hybridized carbons (Fsp3) is 0.615. The molecule has 0 radical (unpaired) electrons. The largest absolute Gasteiger partial charge is 0.382 e. The van der Waals surface area contributed by atoms with Crippen LogP contribution in [0.25, 0.3) is 0 Å². The topological polar surface area (TPSA) is 24.9 Å². The average Bonchev–Trinajstić information content (AvgIpc) is 2.70. The van der Waals surface area contributed by atoms with Gasteiger partial charge in [0.15, 0.2) is 0 Å². The molecule has 3 aliphatic carbocycles. The highest BCUT2D eigenvalue weighted by Gasteiger charge is 2.64. The van der Waals surface area contributed by atoms with E-state index in [1.54, 1.807) is 6.20 Å². The highest BCUT2D eigenvalue weighted by molar-refractivity contribution is 6.29. The fourth-order valence-corrected chi connectivity index (χ4v) is 4.38. The van der Waals surface area contributed by atoms with Gasteiger partial charge in [0.25, 0.3) is 0 Å². The van der Waals surface area contributed by atoms with E-state index >= 15 is 0 Å². The van der Waals surface area contributed by atoms with Gasteiger partial charge in [0, 0.05) is 17.9 Å². The summed E-state index contributed by atoms with van der Waals surface area (Å²) >= 11 is 5.89. The first-order valence-corrected chi connectivity index (χ1v) is 6.59. The Labute approximate surface area is 100 Å². The van der Waals surface area contributed by atoms with Crippen molar-refractivity contribution in [1.82, 2.24) is 4.98 Å². The number of aromatic nitrogens is 1. The number of nitrogens with one attached hydrogen (secondary N) is 1. The van der Waals surface area contributed by atoms with Crippen LogP contribution in [-0.2, 0) is 0 Å². The van der Waals surface area contributed by atoms with Gasteiger partial charge in [-0.05, 0) is 55.1 Å². The van der Waals surface area contributed by atoms with Gasteiger partial charge in [0.05, 0.1) is 0 Å². The highest BCUT2D eigenvalue weighted by Crippen LogP contribution is 2.66. The number of hydrogen-bond donors (Lipinski definition) is 1. The molecule has 1 aromatic rings. The lowest BCUT2D eigenvalue weighted by Crippen LogP contribution is -2.12. The van der Waals surface area contributed by atoms with E-state index in [1.165, 1.54) is 19.3 Å². The summed E-state index contributed by atoms with van der Waals surface area (Å²) in [6.45, 7) is 0. The molecule has 3 heteroatoms. The van der Waals surface area contributed by atoms with E-state index < -0.39 is 0 Å². The third-order valence-electron chi connectivity index (χ3n) is 4.80. The summed E-state index contributed by atoms with van der Waals surface area (Å²) in [7, 11) is 0. The molecule has 1 aromatic heterocycles. The standard InChI is InChI=1S/C13H15ClN2/c14-10-6-9(3-4-15-10)16-13-11-7-1-2-8(5-7)12(11)13/h3-4,6-8,11-13H,1-2,5H2,(H,15,16). The second-order valence-electron chi connectivity index (χ2n) is 5.53. The summed E-state index contributed by atoms with van der Waals surface area (Å²) in [6.07, 6.45) is 6.23. The van der Waals surface area contributed by atoms with E-state index in [1.807, 2.05) is 12.1 Å². The number of hydrogen-bond acceptors (Lipinski definition) is 2. The van der Waals surface area contributed by atoms with Crippen LogP contribution in [0.4, 0.5) is 5.69 Å². The van der Waals surface area contributed by atoms with Crippen molar-refractivity contribution in [3.8, 4) is 0 Å². The minimum Gasteiger partial charge on any atom is -0.382 e. The zero-order chi connectivity index (χ0) is 10.7. The highest BCUT2D eigenvalue weighted by atomic mass is 35.5. The Morgan fingerprint density at radius 3 is 2.69 bits per heavy atom. The molecular formula is C13H15ClN2. The Morgan fingerprint density at radius 2 is 2.00 bits per heavy atom. The van der Waals surface area contributed by atoms with Crippen LogP contribution in [0, 0.1) is 23.7 Å². The molecule has 0 saturated heterocycles. The molecule has 16 heavy (non-hydrogen) atoms. The first-order chi connectivity index (χ1) is 7.83. The molecule has 2 nitrogen and oxygen atoms in total. The van der Waals surface area contributed by atoms with Gasteiger partial charge in [-0.15, -0.1) is 0 Å². The third-order valence-corrected chi connectivity index (χ3v) is 5.00. The minimum atomic E-state index is 0.582. The number of fused-ring (bicyclic) bond motifs is 5. The van der Waals surface area contributed by atoms with Crippen molar-refractivity contribution in [3.05, 3.63) is 23.5 Å². The van der Waals surface area contributed by atoms with Crippen molar-refractivity contribution in [1.29, 1.82) is 0 Å². The van der Waals surface area contributed by atoms with Gasteiger partial charge in [-0.3, -0.25) is 0 Å². The van der Waals surface area contributed by atoms with Crippen molar-refractivity contribution in [3.63, 3.8) is 0 Å². The molecule has 2 bridgehead atoms. The Hall–Kier alpha value is -0.760. The lowest BCUT2D eigenvalue weighted by molar-refractivity contribution is 0.456. The zero-order valence-corrected chi connectivity index (χ0v) is 9.82. The van der Waals surface area contributed by atoms with E-state index in [2.05, 4.69) is 10.3 Å². The molecule has 4 atom stereocenters. The Morgan fingerprint density at radius 1 is 1.25 bits per heavy atom. The Balaban J connectivity index is 1.51. The minimum absolute atomic E-state index is 0.582. The molecule has 4 rings (SSSR count). The molecule has 0 amide bonds. The molecular weight excluding hydrogens is 220 g/mol. The lowest BCUT2D eigenvalue weighted by atomic mass is 10.0. The maximum Gasteiger partial charge on any atom is 0.131 e. The van der Waals surface area contributed by atoms with Crippen LogP contribution < -0.4 is 5.32 Å². The summed E-state index contributed by atoms with van der Waals surface area (Å²) < 4.78 is 0. The number of anilines is 1. The quantitative estimate of drug-likeness (QED) is 0.795. The van der Waals surface area contributed by atoms with Gasteiger partial charge in [-0.2, -0.15) is 0 Å². The van der Waals surface area contributed by atoms with Gasteiger partial charge in [0.1, 0.15) is 5.15 Å². The number of pyridine rings is 1. The van der Waals surface area contributed by atoms with Crippen LogP contribution in [0.3, 0.4) is 0 Å². The molecule has 3 saturated carbocycles. The summed E-state index contributed by atoms with van der Waals surface area (Å²) in [4.78, 5) is 4.01. The van der Waals surface area contributed by atoms with Crippen molar-refractivity contribution in [2.24, 2.45) is 23.7 Å². The molecule has 0 spiro atoms. The van der Waals surface area contributed by atoms with Crippen LogP contribution in [-0.4, -0.2) is 11.0 Å². The van der Waals surface area contributed by atoms with Gasteiger partial charge in [0.2, 0.25) is 0 Å². The van der Waals surface area contributed by atoms with Crippen LogP contribution in [0.5, 0.6) is 0 Å². The van der Waals surface area contributed by atoms with E-state index in [-0.39, 0.29) is 0 Å². The summed E-state index contributed by atoms with van der Waals surface area (Å²) in [5.41, 5.74) is 1.14. The SMILES string of the molecule is Clc1cc(NC2C3C4CCC(C4)C23)ccn1. The monoisotopic (exact) mass is 234 g/mol.